The van der Waals surface area contributed by atoms with Gasteiger partial charge in [-0.1, -0.05) is 56.3 Å². The van der Waals surface area contributed by atoms with Crippen LogP contribution in [0.2, 0.25) is 0 Å². The van der Waals surface area contributed by atoms with Crippen LogP contribution in [0.5, 0.6) is 0 Å². The van der Waals surface area contributed by atoms with Crippen LogP contribution in [0.4, 0.5) is 5.13 Å². The molecule has 0 aliphatic heterocycles. The number of anilines is 1. The van der Waals surface area contributed by atoms with E-state index in [0.717, 1.165) is 28.5 Å². The molecule has 0 amide bonds. The molecule has 1 N–H and O–H groups in total. The number of nitrogens with zero attached hydrogens (tertiary/aromatic N) is 2. The number of thiazole rings is 1. The second-order valence-corrected chi connectivity index (χ2v) is 9.60. The fourth-order valence-corrected chi connectivity index (χ4v) is 4.89. The zero-order valence-electron chi connectivity index (χ0n) is 17.5. The standard InChI is InChI=1S/C25H24N2O2S2.Na.H/c1-17(2)19-9-11-20(12-10-19)23-16-31-25(26-23)27(15-22-4-3-13-30-22)14-18-5-7-21(8-6-18)24(28)29;;/h3-13,16-17H,14-15H2,1-2H3,(H,28,29);;. The van der Waals surface area contributed by atoms with Crippen molar-refractivity contribution in [3.63, 3.8) is 0 Å². The van der Waals surface area contributed by atoms with Crippen LogP contribution in [-0.4, -0.2) is 45.6 Å². The number of rotatable bonds is 8. The van der Waals surface area contributed by atoms with Gasteiger partial charge in [-0.3, -0.25) is 0 Å². The van der Waals surface area contributed by atoms with Crippen LogP contribution < -0.4 is 4.90 Å². The monoisotopic (exact) mass is 472 g/mol. The van der Waals surface area contributed by atoms with Crippen LogP contribution in [0.25, 0.3) is 11.3 Å². The summed E-state index contributed by atoms with van der Waals surface area (Å²) in [6, 6.07) is 19.9. The van der Waals surface area contributed by atoms with Crippen molar-refractivity contribution in [2.45, 2.75) is 32.9 Å². The Balaban J connectivity index is 0.00000289. The van der Waals surface area contributed by atoms with E-state index < -0.39 is 5.97 Å². The summed E-state index contributed by atoms with van der Waals surface area (Å²) < 4.78 is 0. The first kappa shape index (κ1) is 24.7. The molecule has 0 spiro atoms. The van der Waals surface area contributed by atoms with Gasteiger partial charge in [-0.2, -0.15) is 0 Å². The Morgan fingerprint density at radius 1 is 1.00 bits per heavy atom. The molecule has 2 heterocycles. The molecule has 0 radical (unpaired) electrons. The summed E-state index contributed by atoms with van der Waals surface area (Å²) >= 11 is 3.37. The number of benzene rings is 2. The molecule has 0 atom stereocenters. The quantitative estimate of drug-likeness (QED) is 0.308. The molecular formula is C25H25N2NaO2S2. The van der Waals surface area contributed by atoms with Gasteiger partial charge in [-0.05, 0) is 40.6 Å². The molecule has 32 heavy (non-hydrogen) atoms. The Hall–Kier alpha value is -1.96. The molecule has 4 aromatic rings. The van der Waals surface area contributed by atoms with E-state index in [1.165, 1.54) is 10.4 Å². The van der Waals surface area contributed by atoms with E-state index in [4.69, 9.17) is 10.1 Å². The van der Waals surface area contributed by atoms with Gasteiger partial charge in [0.1, 0.15) is 0 Å². The SMILES string of the molecule is CC(C)c1ccc(-c2csc(N(Cc3ccc(C(=O)O)cc3)Cc3cccs3)n2)cc1.[NaH]. The summed E-state index contributed by atoms with van der Waals surface area (Å²) in [4.78, 5) is 19.6. The summed E-state index contributed by atoms with van der Waals surface area (Å²) in [6.07, 6.45) is 0. The van der Waals surface area contributed by atoms with Gasteiger partial charge in [0, 0.05) is 22.4 Å². The van der Waals surface area contributed by atoms with Crippen LogP contribution >= 0.6 is 22.7 Å². The molecular weight excluding hydrogens is 447 g/mol. The van der Waals surface area contributed by atoms with Gasteiger partial charge in [0.15, 0.2) is 5.13 Å². The van der Waals surface area contributed by atoms with Crippen molar-refractivity contribution in [1.29, 1.82) is 0 Å². The van der Waals surface area contributed by atoms with Crippen molar-refractivity contribution >= 4 is 63.3 Å². The van der Waals surface area contributed by atoms with Crippen LogP contribution in [0, 0.1) is 0 Å². The molecule has 0 saturated carbocycles. The molecule has 0 bridgehead atoms. The molecule has 0 fully saturated rings. The first-order valence-electron chi connectivity index (χ1n) is 10.1. The van der Waals surface area contributed by atoms with Crippen molar-refractivity contribution < 1.29 is 9.90 Å². The molecule has 4 rings (SSSR count). The van der Waals surface area contributed by atoms with E-state index in [2.05, 4.69) is 65.9 Å². The topological polar surface area (TPSA) is 53.4 Å². The first-order valence-corrected chi connectivity index (χ1v) is 11.9. The molecule has 160 valence electrons. The van der Waals surface area contributed by atoms with E-state index in [0.29, 0.717) is 18.0 Å². The number of carboxylic acids is 1. The molecule has 7 heteroatoms. The van der Waals surface area contributed by atoms with Crippen molar-refractivity contribution in [3.8, 4) is 11.3 Å². The van der Waals surface area contributed by atoms with Gasteiger partial charge >= 0.3 is 35.5 Å². The number of carbonyl (C=O) groups is 1. The predicted molar refractivity (Wildman–Crippen MR) is 136 cm³/mol. The predicted octanol–water partition coefficient (Wildman–Crippen LogP) is 6.25. The number of thiophene rings is 1. The Morgan fingerprint density at radius 2 is 1.72 bits per heavy atom. The third kappa shape index (κ3) is 6.09. The summed E-state index contributed by atoms with van der Waals surface area (Å²) in [7, 11) is 0. The van der Waals surface area contributed by atoms with Gasteiger partial charge in [0.2, 0.25) is 0 Å². The van der Waals surface area contributed by atoms with E-state index in [9.17, 15) is 4.79 Å². The Labute approximate surface area is 218 Å². The second kappa shape index (κ2) is 11.3. The fourth-order valence-electron chi connectivity index (χ4n) is 3.34. The minimum atomic E-state index is -0.907. The minimum absolute atomic E-state index is 0. The van der Waals surface area contributed by atoms with E-state index in [-0.39, 0.29) is 29.6 Å². The third-order valence-electron chi connectivity index (χ3n) is 5.14. The second-order valence-electron chi connectivity index (χ2n) is 7.73. The Bertz CT molecular complexity index is 1140. The van der Waals surface area contributed by atoms with E-state index in [1.807, 2.05) is 12.1 Å². The van der Waals surface area contributed by atoms with E-state index in [1.54, 1.807) is 34.8 Å². The molecule has 2 aromatic heterocycles. The number of carboxylic acid groups (broad SMARTS) is 1. The van der Waals surface area contributed by atoms with E-state index >= 15 is 0 Å². The Morgan fingerprint density at radius 3 is 2.31 bits per heavy atom. The first-order chi connectivity index (χ1) is 15.0. The molecule has 0 unspecified atom stereocenters. The molecule has 2 aromatic carbocycles. The Kier molecular flexibility index (Phi) is 8.68. The van der Waals surface area contributed by atoms with Crippen LogP contribution in [0.15, 0.2) is 71.4 Å². The van der Waals surface area contributed by atoms with Gasteiger partial charge < -0.3 is 10.0 Å². The molecule has 0 saturated heterocycles. The van der Waals surface area contributed by atoms with Gasteiger partial charge in [-0.25, -0.2) is 9.78 Å². The zero-order chi connectivity index (χ0) is 21.8. The summed E-state index contributed by atoms with van der Waals surface area (Å²) in [6.45, 7) is 5.82. The normalized spacial score (nSPS) is 10.7. The summed E-state index contributed by atoms with van der Waals surface area (Å²) in [5.74, 6) is -0.399. The average molecular weight is 473 g/mol. The van der Waals surface area contributed by atoms with Crippen molar-refractivity contribution in [2.24, 2.45) is 0 Å². The number of aromatic carboxylic acids is 1. The van der Waals surface area contributed by atoms with Crippen molar-refractivity contribution in [2.75, 3.05) is 4.90 Å². The zero-order valence-corrected chi connectivity index (χ0v) is 19.1. The number of aromatic nitrogens is 1. The molecule has 0 aliphatic rings. The molecule has 0 aliphatic carbocycles. The van der Waals surface area contributed by atoms with Crippen molar-refractivity contribution in [3.05, 3.63) is 93.0 Å². The number of hydrogen-bond acceptors (Lipinski definition) is 5. The number of hydrogen-bond donors (Lipinski definition) is 1. The fraction of sp³-hybridized carbons (Fsp3) is 0.200. The third-order valence-corrected chi connectivity index (χ3v) is 6.90. The van der Waals surface area contributed by atoms with Crippen LogP contribution in [-0.2, 0) is 13.1 Å². The molecule has 4 nitrogen and oxygen atoms in total. The van der Waals surface area contributed by atoms with Gasteiger partial charge in [0.25, 0.3) is 0 Å². The van der Waals surface area contributed by atoms with Crippen LogP contribution in [0.3, 0.4) is 0 Å². The summed E-state index contributed by atoms with van der Waals surface area (Å²) in [5, 5.41) is 14.3. The van der Waals surface area contributed by atoms with Crippen molar-refractivity contribution in [1.82, 2.24) is 4.98 Å². The maximum atomic E-state index is 11.1. The van der Waals surface area contributed by atoms with Crippen LogP contribution in [0.1, 0.15) is 46.1 Å². The summed E-state index contributed by atoms with van der Waals surface area (Å²) in [5.41, 5.74) is 4.78. The van der Waals surface area contributed by atoms with Gasteiger partial charge in [-0.15, -0.1) is 22.7 Å². The average Bonchev–Trinajstić information content (AvgIpc) is 3.46. The van der Waals surface area contributed by atoms with Gasteiger partial charge in [0.05, 0.1) is 17.8 Å². The maximum absolute atomic E-state index is 11.1.